The van der Waals surface area contributed by atoms with E-state index in [0.717, 1.165) is 33.4 Å². The number of allylic oxidation sites excluding steroid dienone is 1. The van der Waals surface area contributed by atoms with Crippen LogP contribution in [0, 0.1) is 13.8 Å². The van der Waals surface area contributed by atoms with E-state index in [4.69, 9.17) is 13.6 Å². The molecule has 0 atom stereocenters. The smallest absolute Gasteiger partial charge is 0.244 e. The van der Waals surface area contributed by atoms with Crippen LogP contribution < -0.4 is 10.1 Å². The topological polar surface area (TPSA) is 64.6 Å². The highest BCUT2D eigenvalue weighted by Gasteiger charge is 2.14. The lowest BCUT2D eigenvalue weighted by Gasteiger charge is -2.11. The standard InChI is InChI=1S/C21H23NO4/c1-5-24-19-11-20-18(14(3)15(4)26-20)10-17(19)13(2)9-21(23)22-12-16-7-6-8-25-16/h6-11H,5,12H2,1-4H3,(H,22,23)/b13-9+. The lowest BCUT2D eigenvalue weighted by molar-refractivity contribution is -0.116. The summed E-state index contributed by atoms with van der Waals surface area (Å²) in [6.45, 7) is 8.70. The molecule has 3 aromatic rings. The lowest BCUT2D eigenvalue weighted by atomic mass is 10.0. The van der Waals surface area contributed by atoms with Crippen LogP contribution in [0.15, 0.2) is 45.4 Å². The van der Waals surface area contributed by atoms with E-state index < -0.39 is 0 Å². The molecule has 1 amide bonds. The second kappa shape index (κ2) is 7.52. The number of furan rings is 2. The zero-order valence-corrected chi connectivity index (χ0v) is 15.5. The fourth-order valence-corrected chi connectivity index (χ4v) is 2.87. The van der Waals surface area contributed by atoms with Crippen LogP contribution in [0.4, 0.5) is 0 Å². The third-order valence-corrected chi connectivity index (χ3v) is 4.37. The third-order valence-electron chi connectivity index (χ3n) is 4.37. The molecule has 1 N–H and O–H groups in total. The van der Waals surface area contributed by atoms with Crippen molar-refractivity contribution in [1.29, 1.82) is 0 Å². The van der Waals surface area contributed by atoms with Crippen molar-refractivity contribution in [3.8, 4) is 5.75 Å². The van der Waals surface area contributed by atoms with Crippen LogP contribution in [0.3, 0.4) is 0 Å². The number of fused-ring (bicyclic) bond motifs is 1. The summed E-state index contributed by atoms with van der Waals surface area (Å²) in [5, 5.41) is 3.85. The van der Waals surface area contributed by atoms with Gasteiger partial charge < -0.3 is 18.9 Å². The molecular weight excluding hydrogens is 330 g/mol. The number of rotatable bonds is 6. The van der Waals surface area contributed by atoms with E-state index in [1.165, 1.54) is 0 Å². The number of ether oxygens (including phenoxy) is 1. The number of hydrogen-bond donors (Lipinski definition) is 1. The second-order valence-corrected chi connectivity index (χ2v) is 6.19. The van der Waals surface area contributed by atoms with Crippen molar-refractivity contribution >= 4 is 22.4 Å². The molecule has 0 saturated heterocycles. The van der Waals surface area contributed by atoms with Gasteiger partial charge >= 0.3 is 0 Å². The van der Waals surface area contributed by atoms with Gasteiger partial charge in [-0.2, -0.15) is 0 Å². The first-order valence-corrected chi connectivity index (χ1v) is 8.65. The molecule has 0 spiro atoms. The normalized spacial score (nSPS) is 11.8. The number of aryl methyl sites for hydroxylation is 2. The first-order chi connectivity index (χ1) is 12.5. The summed E-state index contributed by atoms with van der Waals surface area (Å²) >= 11 is 0. The van der Waals surface area contributed by atoms with E-state index in [1.807, 2.05) is 45.9 Å². The molecule has 0 aliphatic heterocycles. The predicted molar refractivity (Wildman–Crippen MR) is 101 cm³/mol. The molecule has 3 rings (SSSR count). The average molecular weight is 353 g/mol. The van der Waals surface area contributed by atoms with Gasteiger partial charge in [-0.3, -0.25) is 4.79 Å². The van der Waals surface area contributed by atoms with Crippen molar-refractivity contribution in [2.24, 2.45) is 0 Å². The van der Waals surface area contributed by atoms with Crippen molar-refractivity contribution in [3.63, 3.8) is 0 Å². The zero-order chi connectivity index (χ0) is 18.7. The van der Waals surface area contributed by atoms with Gasteiger partial charge in [0.15, 0.2) is 0 Å². The van der Waals surface area contributed by atoms with E-state index in [1.54, 1.807) is 18.4 Å². The molecule has 0 radical (unpaired) electrons. The summed E-state index contributed by atoms with van der Waals surface area (Å²) < 4.78 is 16.8. The van der Waals surface area contributed by atoms with Crippen LogP contribution in [0.2, 0.25) is 0 Å². The minimum Gasteiger partial charge on any atom is -0.493 e. The Morgan fingerprint density at radius 3 is 2.81 bits per heavy atom. The molecule has 0 bridgehead atoms. The van der Waals surface area contributed by atoms with Gasteiger partial charge in [-0.1, -0.05) is 0 Å². The average Bonchev–Trinajstić information content (AvgIpc) is 3.21. The van der Waals surface area contributed by atoms with Crippen LogP contribution in [0.1, 0.15) is 36.5 Å². The molecule has 5 nitrogen and oxygen atoms in total. The SMILES string of the molecule is CCOc1cc2oc(C)c(C)c2cc1/C(C)=C/C(=O)NCc1ccco1. The molecule has 2 aromatic heterocycles. The molecule has 5 heteroatoms. The summed E-state index contributed by atoms with van der Waals surface area (Å²) in [5.41, 5.74) is 3.60. The first-order valence-electron chi connectivity index (χ1n) is 8.65. The summed E-state index contributed by atoms with van der Waals surface area (Å²) in [6, 6.07) is 7.54. The Bertz CT molecular complexity index is 948. The molecule has 2 heterocycles. The highest BCUT2D eigenvalue weighted by molar-refractivity contribution is 5.97. The highest BCUT2D eigenvalue weighted by atomic mass is 16.5. The molecule has 0 aliphatic carbocycles. The van der Waals surface area contributed by atoms with E-state index >= 15 is 0 Å². The molecule has 0 fully saturated rings. The van der Waals surface area contributed by atoms with Gasteiger partial charge in [0.1, 0.15) is 22.9 Å². The number of carbonyl (C=O) groups is 1. The fraction of sp³-hybridized carbons (Fsp3) is 0.286. The van der Waals surface area contributed by atoms with E-state index in [0.29, 0.717) is 24.7 Å². The minimum atomic E-state index is -0.179. The molecule has 0 unspecified atom stereocenters. The van der Waals surface area contributed by atoms with Gasteiger partial charge in [-0.15, -0.1) is 0 Å². The van der Waals surface area contributed by atoms with Crippen molar-refractivity contribution in [2.75, 3.05) is 6.61 Å². The summed E-state index contributed by atoms with van der Waals surface area (Å²) in [7, 11) is 0. The van der Waals surface area contributed by atoms with Crippen LogP contribution in [0.5, 0.6) is 5.75 Å². The summed E-state index contributed by atoms with van der Waals surface area (Å²) in [6.07, 6.45) is 3.16. The maximum Gasteiger partial charge on any atom is 0.244 e. The second-order valence-electron chi connectivity index (χ2n) is 6.19. The highest BCUT2D eigenvalue weighted by Crippen LogP contribution is 2.34. The maximum absolute atomic E-state index is 12.2. The van der Waals surface area contributed by atoms with Crippen LogP contribution in [-0.4, -0.2) is 12.5 Å². The van der Waals surface area contributed by atoms with Gasteiger partial charge in [0.05, 0.1) is 19.4 Å². The first kappa shape index (κ1) is 17.9. The Morgan fingerprint density at radius 2 is 2.12 bits per heavy atom. The largest absolute Gasteiger partial charge is 0.493 e. The molecule has 136 valence electrons. The third kappa shape index (κ3) is 3.67. The molecular formula is C21H23NO4. The monoisotopic (exact) mass is 353 g/mol. The van der Waals surface area contributed by atoms with Gasteiger partial charge in [-0.25, -0.2) is 0 Å². The van der Waals surface area contributed by atoms with Crippen molar-refractivity contribution < 1.29 is 18.4 Å². The van der Waals surface area contributed by atoms with Gasteiger partial charge in [0.2, 0.25) is 5.91 Å². The van der Waals surface area contributed by atoms with E-state index in [2.05, 4.69) is 5.32 Å². The van der Waals surface area contributed by atoms with Crippen LogP contribution in [-0.2, 0) is 11.3 Å². The Labute approximate surface area is 152 Å². The van der Waals surface area contributed by atoms with Gasteiger partial charge in [-0.05, 0) is 57.0 Å². The van der Waals surface area contributed by atoms with Crippen molar-refractivity contribution in [2.45, 2.75) is 34.2 Å². The molecule has 0 aliphatic rings. The lowest BCUT2D eigenvalue weighted by Crippen LogP contribution is -2.20. The Hall–Kier alpha value is -2.95. The Morgan fingerprint density at radius 1 is 1.31 bits per heavy atom. The van der Waals surface area contributed by atoms with Gasteiger partial charge in [0.25, 0.3) is 0 Å². The Balaban J connectivity index is 1.89. The summed E-state index contributed by atoms with van der Waals surface area (Å²) in [5.74, 6) is 2.13. The number of hydrogen-bond acceptors (Lipinski definition) is 4. The number of nitrogens with one attached hydrogen (secondary N) is 1. The minimum absolute atomic E-state index is 0.179. The zero-order valence-electron chi connectivity index (χ0n) is 15.5. The van der Waals surface area contributed by atoms with Crippen LogP contribution in [0.25, 0.3) is 16.5 Å². The van der Waals surface area contributed by atoms with Gasteiger partial charge in [0, 0.05) is 23.1 Å². The van der Waals surface area contributed by atoms with E-state index in [-0.39, 0.29) is 5.91 Å². The fourth-order valence-electron chi connectivity index (χ4n) is 2.87. The molecule has 26 heavy (non-hydrogen) atoms. The quantitative estimate of drug-likeness (QED) is 0.649. The van der Waals surface area contributed by atoms with Crippen molar-refractivity contribution in [3.05, 3.63) is 59.3 Å². The maximum atomic E-state index is 12.2. The van der Waals surface area contributed by atoms with Crippen molar-refractivity contribution in [1.82, 2.24) is 5.32 Å². The number of carbonyl (C=O) groups excluding carboxylic acids is 1. The number of benzene rings is 1. The predicted octanol–water partition coefficient (Wildman–Crippen LogP) is 4.76. The molecule has 0 saturated carbocycles. The summed E-state index contributed by atoms with van der Waals surface area (Å²) in [4.78, 5) is 12.2. The molecule has 1 aromatic carbocycles. The number of amides is 1. The Kier molecular flexibility index (Phi) is 5.16. The van der Waals surface area contributed by atoms with E-state index in [9.17, 15) is 4.79 Å². The van der Waals surface area contributed by atoms with Crippen LogP contribution >= 0.6 is 0 Å².